The van der Waals surface area contributed by atoms with Gasteiger partial charge >= 0.3 is 0 Å². The van der Waals surface area contributed by atoms with Gasteiger partial charge in [0.15, 0.2) is 0 Å². The van der Waals surface area contributed by atoms with Crippen LogP contribution in [0.25, 0.3) is 0 Å². The molecule has 102 valence electrons. The van der Waals surface area contributed by atoms with Gasteiger partial charge in [0, 0.05) is 5.33 Å². The molecule has 0 spiro atoms. The maximum atomic E-state index is 8.97. The lowest BCUT2D eigenvalue weighted by molar-refractivity contribution is 0.471. The summed E-state index contributed by atoms with van der Waals surface area (Å²) in [6.45, 7) is 5.96. The van der Waals surface area contributed by atoms with E-state index in [1.807, 2.05) is 45.0 Å². The van der Waals surface area contributed by atoms with Crippen LogP contribution in [0, 0.1) is 32.1 Å². The van der Waals surface area contributed by atoms with Crippen LogP contribution in [0.15, 0.2) is 30.3 Å². The first-order valence-corrected chi connectivity index (χ1v) is 7.52. The van der Waals surface area contributed by atoms with E-state index >= 15 is 0 Å². The number of alkyl halides is 1. The first-order chi connectivity index (χ1) is 9.55. The fraction of sp³-hybridized carbons (Fsp3) is 0.235. The summed E-state index contributed by atoms with van der Waals surface area (Å²) in [6.07, 6.45) is 0. The molecule has 3 heteroatoms. The number of hydrogen-bond donors (Lipinski definition) is 0. The Bertz CT molecular complexity index is 663. The van der Waals surface area contributed by atoms with E-state index in [0.717, 1.165) is 33.5 Å². The number of ether oxygens (including phenoxy) is 1. The third-order valence-electron chi connectivity index (χ3n) is 3.20. The smallest absolute Gasteiger partial charge is 0.133 e. The highest BCUT2D eigenvalue weighted by Crippen LogP contribution is 2.32. The Morgan fingerprint density at radius 3 is 2.20 bits per heavy atom. The molecule has 0 saturated carbocycles. The second kappa shape index (κ2) is 6.11. The molecule has 0 aliphatic heterocycles. The molecule has 0 aliphatic rings. The zero-order valence-electron chi connectivity index (χ0n) is 11.8. The summed E-state index contributed by atoms with van der Waals surface area (Å²) < 4.78 is 6.04. The lowest BCUT2D eigenvalue weighted by Gasteiger charge is -2.14. The first kappa shape index (κ1) is 14.6. The lowest BCUT2D eigenvalue weighted by Crippen LogP contribution is -1.95. The molecule has 2 aromatic carbocycles. The van der Waals surface area contributed by atoms with Crippen LogP contribution in [-0.4, -0.2) is 0 Å². The van der Waals surface area contributed by atoms with Crippen LogP contribution in [0.2, 0.25) is 0 Å². The van der Waals surface area contributed by atoms with Crippen molar-refractivity contribution >= 4 is 15.9 Å². The van der Waals surface area contributed by atoms with Crippen LogP contribution in [0.1, 0.15) is 27.8 Å². The minimum absolute atomic E-state index is 0.665. The van der Waals surface area contributed by atoms with Gasteiger partial charge in [-0.1, -0.05) is 28.1 Å². The monoisotopic (exact) mass is 329 g/mol. The highest BCUT2D eigenvalue weighted by molar-refractivity contribution is 9.08. The fourth-order valence-corrected chi connectivity index (χ4v) is 2.54. The molecule has 0 N–H and O–H groups in total. The van der Waals surface area contributed by atoms with Gasteiger partial charge in [0.05, 0.1) is 11.6 Å². The van der Waals surface area contributed by atoms with Crippen molar-refractivity contribution in [3.63, 3.8) is 0 Å². The molecule has 0 amide bonds. The van der Waals surface area contributed by atoms with Gasteiger partial charge in [0.1, 0.15) is 11.5 Å². The summed E-state index contributed by atoms with van der Waals surface area (Å²) in [4.78, 5) is 0. The Labute approximate surface area is 128 Å². The zero-order chi connectivity index (χ0) is 14.7. The van der Waals surface area contributed by atoms with Crippen molar-refractivity contribution in [1.82, 2.24) is 0 Å². The van der Waals surface area contributed by atoms with E-state index in [0.29, 0.717) is 5.56 Å². The van der Waals surface area contributed by atoms with Crippen molar-refractivity contribution < 1.29 is 4.74 Å². The van der Waals surface area contributed by atoms with Crippen LogP contribution in [0.4, 0.5) is 0 Å². The lowest BCUT2D eigenvalue weighted by atomic mass is 10.1. The fourth-order valence-electron chi connectivity index (χ4n) is 2.19. The molecule has 0 aromatic heterocycles. The van der Waals surface area contributed by atoms with Crippen molar-refractivity contribution in [3.05, 3.63) is 58.1 Å². The Morgan fingerprint density at radius 1 is 1.05 bits per heavy atom. The molecule has 0 aliphatic carbocycles. The Hall–Kier alpha value is -1.79. The van der Waals surface area contributed by atoms with Crippen LogP contribution < -0.4 is 4.74 Å². The van der Waals surface area contributed by atoms with E-state index in [-0.39, 0.29) is 0 Å². The molecule has 0 atom stereocenters. The molecular formula is C17H16BrNO. The summed E-state index contributed by atoms with van der Waals surface area (Å²) in [5, 5.41) is 9.81. The highest BCUT2D eigenvalue weighted by atomic mass is 79.9. The predicted octanol–water partition coefficient (Wildman–Crippen LogP) is 5.17. The second-order valence-corrected chi connectivity index (χ2v) is 5.45. The number of halogens is 1. The van der Waals surface area contributed by atoms with Crippen molar-refractivity contribution in [2.24, 2.45) is 0 Å². The summed E-state index contributed by atoms with van der Waals surface area (Å²) >= 11 is 3.45. The van der Waals surface area contributed by atoms with Gasteiger partial charge in [-0.2, -0.15) is 5.26 Å². The maximum absolute atomic E-state index is 8.97. The number of hydrogen-bond acceptors (Lipinski definition) is 2. The van der Waals surface area contributed by atoms with Crippen LogP contribution in [-0.2, 0) is 5.33 Å². The van der Waals surface area contributed by atoms with E-state index in [1.165, 1.54) is 5.56 Å². The number of benzene rings is 2. The molecule has 2 aromatic rings. The van der Waals surface area contributed by atoms with E-state index < -0.39 is 0 Å². The largest absolute Gasteiger partial charge is 0.457 e. The molecule has 20 heavy (non-hydrogen) atoms. The van der Waals surface area contributed by atoms with Gasteiger partial charge in [-0.05, 0) is 61.2 Å². The quantitative estimate of drug-likeness (QED) is 0.727. The summed E-state index contributed by atoms with van der Waals surface area (Å²) in [5.41, 5.74) is 4.95. The maximum Gasteiger partial charge on any atom is 0.133 e. The summed E-state index contributed by atoms with van der Waals surface area (Å²) in [6, 6.07) is 12.0. The van der Waals surface area contributed by atoms with Gasteiger partial charge in [-0.3, -0.25) is 0 Å². The minimum atomic E-state index is 0.665. The average molecular weight is 330 g/mol. The van der Waals surface area contributed by atoms with Gasteiger partial charge in [-0.15, -0.1) is 0 Å². The standard InChI is InChI=1S/C17H16BrNO/c1-11-6-14(9-18)4-5-16(11)20-17-12(2)7-15(10-19)8-13(17)3/h4-8H,9H2,1-3H3. The van der Waals surface area contributed by atoms with E-state index in [2.05, 4.69) is 28.1 Å². The summed E-state index contributed by atoms with van der Waals surface area (Å²) in [5.74, 6) is 1.68. The average Bonchev–Trinajstić information content (AvgIpc) is 2.43. The number of nitriles is 1. The topological polar surface area (TPSA) is 33.0 Å². The van der Waals surface area contributed by atoms with Gasteiger partial charge in [0.2, 0.25) is 0 Å². The molecule has 0 heterocycles. The Balaban J connectivity index is 2.38. The van der Waals surface area contributed by atoms with E-state index in [9.17, 15) is 0 Å². The Morgan fingerprint density at radius 2 is 1.70 bits per heavy atom. The van der Waals surface area contributed by atoms with Crippen LogP contribution in [0.5, 0.6) is 11.5 Å². The van der Waals surface area contributed by atoms with Gasteiger partial charge in [-0.25, -0.2) is 0 Å². The molecule has 0 fully saturated rings. The summed E-state index contributed by atoms with van der Waals surface area (Å²) in [7, 11) is 0. The molecule has 0 unspecified atom stereocenters. The normalized spacial score (nSPS) is 10.2. The molecule has 2 nitrogen and oxygen atoms in total. The molecule has 0 radical (unpaired) electrons. The van der Waals surface area contributed by atoms with E-state index in [1.54, 1.807) is 0 Å². The first-order valence-electron chi connectivity index (χ1n) is 6.40. The molecular weight excluding hydrogens is 314 g/mol. The SMILES string of the molecule is Cc1cc(CBr)ccc1Oc1c(C)cc(C#N)cc1C. The van der Waals surface area contributed by atoms with Crippen molar-refractivity contribution in [2.45, 2.75) is 26.1 Å². The van der Waals surface area contributed by atoms with Crippen LogP contribution in [0.3, 0.4) is 0 Å². The minimum Gasteiger partial charge on any atom is -0.457 e. The number of aryl methyl sites for hydroxylation is 3. The van der Waals surface area contributed by atoms with Gasteiger partial charge < -0.3 is 4.74 Å². The molecule has 2 rings (SSSR count). The van der Waals surface area contributed by atoms with Crippen molar-refractivity contribution in [2.75, 3.05) is 0 Å². The highest BCUT2D eigenvalue weighted by Gasteiger charge is 2.09. The Kier molecular flexibility index (Phi) is 4.46. The molecule has 0 saturated heterocycles. The van der Waals surface area contributed by atoms with Crippen molar-refractivity contribution in [1.29, 1.82) is 5.26 Å². The zero-order valence-corrected chi connectivity index (χ0v) is 13.4. The number of nitrogens with zero attached hydrogens (tertiary/aromatic N) is 1. The number of rotatable bonds is 3. The second-order valence-electron chi connectivity index (χ2n) is 4.89. The third-order valence-corrected chi connectivity index (χ3v) is 3.84. The molecule has 0 bridgehead atoms. The van der Waals surface area contributed by atoms with E-state index in [4.69, 9.17) is 10.00 Å². The van der Waals surface area contributed by atoms with Crippen molar-refractivity contribution in [3.8, 4) is 17.6 Å². The predicted molar refractivity (Wildman–Crippen MR) is 84.5 cm³/mol. The third kappa shape index (κ3) is 3.02. The van der Waals surface area contributed by atoms with Crippen LogP contribution >= 0.6 is 15.9 Å². The van der Waals surface area contributed by atoms with Gasteiger partial charge in [0.25, 0.3) is 0 Å².